The number of hydrogen-bond acceptors (Lipinski definition) is 4. The van der Waals surface area contributed by atoms with E-state index in [0.717, 1.165) is 58.4 Å². The maximum absolute atomic E-state index is 12.9. The lowest BCUT2D eigenvalue weighted by molar-refractivity contribution is -0.130. The lowest BCUT2D eigenvalue weighted by atomic mass is 9.92. The van der Waals surface area contributed by atoms with Crippen LogP contribution in [0.5, 0.6) is 5.75 Å². The van der Waals surface area contributed by atoms with E-state index >= 15 is 0 Å². The summed E-state index contributed by atoms with van der Waals surface area (Å²) in [7, 11) is 0. The van der Waals surface area contributed by atoms with Crippen molar-refractivity contribution in [1.82, 2.24) is 4.90 Å². The van der Waals surface area contributed by atoms with E-state index in [1.54, 1.807) is 11.0 Å². The SMILES string of the molecule is CCOc1c(/C(C)=C/C(=O)N2CCC(C(N)=O)CC2)cc2c3c(oc2c1C)CCCC3. The summed E-state index contributed by atoms with van der Waals surface area (Å²) in [6.07, 6.45) is 7.31. The number of rotatable bonds is 5. The van der Waals surface area contributed by atoms with Gasteiger partial charge < -0.3 is 19.8 Å². The zero-order chi connectivity index (χ0) is 22.1. The molecule has 2 aliphatic rings. The van der Waals surface area contributed by atoms with Gasteiger partial charge in [0, 0.05) is 53.6 Å². The molecule has 0 radical (unpaired) electrons. The van der Waals surface area contributed by atoms with Gasteiger partial charge in [-0.1, -0.05) is 0 Å². The fraction of sp³-hybridized carbons (Fsp3) is 0.520. The average molecular weight is 425 g/mol. The number of piperidine rings is 1. The second-order valence-corrected chi connectivity index (χ2v) is 8.73. The summed E-state index contributed by atoms with van der Waals surface area (Å²) in [5.74, 6) is 1.45. The number of benzene rings is 1. The Morgan fingerprint density at radius 3 is 2.65 bits per heavy atom. The molecule has 0 bridgehead atoms. The predicted molar refractivity (Wildman–Crippen MR) is 121 cm³/mol. The summed E-state index contributed by atoms with van der Waals surface area (Å²) in [4.78, 5) is 26.1. The molecule has 166 valence electrons. The number of nitrogens with two attached hydrogens (primary N) is 1. The second-order valence-electron chi connectivity index (χ2n) is 8.73. The topological polar surface area (TPSA) is 85.8 Å². The van der Waals surface area contributed by atoms with Gasteiger partial charge in [-0.05, 0) is 64.5 Å². The summed E-state index contributed by atoms with van der Waals surface area (Å²) in [5.41, 5.74) is 10.4. The van der Waals surface area contributed by atoms with E-state index in [-0.39, 0.29) is 17.7 Å². The highest BCUT2D eigenvalue weighted by atomic mass is 16.5. The van der Waals surface area contributed by atoms with Crippen LogP contribution in [0.1, 0.15) is 62.0 Å². The Balaban J connectivity index is 1.67. The van der Waals surface area contributed by atoms with Crippen molar-refractivity contribution in [3.63, 3.8) is 0 Å². The van der Waals surface area contributed by atoms with Crippen LogP contribution in [0.15, 0.2) is 16.6 Å². The maximum Gasteiger partial charge on any atom is 0.246 e. The van der Waals surface area contributed by atoms with Crippen LogP contribution in [0.2, 0.25) is 0 Å². The molecule has 4 rings (SSSR count). The molecule has 6 heteroatoms. The number of fused-ring (bicyclic) bond motifs is 3. The number of amides is 2. The molecule has 1 aliphatic carbocycles. The minimum atomic E-state index is -0.271. The van der Waals surface area contributed by atoms with E-state index < -0.39 is 0 Å². The first-order valence-corrected chi connectivity index (χ1v) is 11.4. The quantitative estimate of drug-likeness (QED) is 0.731. The number of nitrogens with zero attached hydrogens (tertiary/aromatic N) is 1. The van der Waals surface area contributed by atoms with Crippen LogP contribution >= 0.6 is 0 Å². The molecule has 31 heavy (non-hydrogen) atoms. The van der Waals surface area contributed by atoms with Crippen molar-refractivity contribution in [3.8, 4) is 5.75 Å². The van der Waals surface area contributed by atoms with Gasteiger partial charge in [-0.15, -0.1) is 0 Å². The Kier molecular flexibility index (Phi) is 6.08. The highest BCUT2D eigenvalue weighted by Gasteiger charge is 2.26. The molecule has 2 aromatic rings. The fourth-order valence-corrected chi connectivity index (χ4v) is 4.90. The van der Waals surface area contributed by atoms with Gasteiger partial charge in [0.2, 0.25) is 11.8 Å². The minimum Gasteiger partial charge on any atom is -0.493 e. The molecule has 2 heterocycles. The lowest BCUT2D eigenvalue weighted by Crippen LogP contribution is -2.41. The number of furan rings is 1. The van der Waals surface area contributed by atoms with E-state index in [1.807, 2.05) is 20.8 Å². The summed E-state index contributed by atoms with van der Waals surface area (Å²) < 4.78 is 12.3. The minimum absolute atomic E-state index is 0.0326. The van der Waals surface area contributed by atoms with E-state index in [9.17, 15) is 9.59 Å². The molecule has 6 nitrogen and oxygen atoms in total. The number of likely N-dealkylation sites (tertiary alicyclic amines) is 1. The third-order valence-corrected chi connectivity index (χ3v) is 6.69. The van der Waals surface area contributed by atoms with Gasteiger partial charge in [0.25, 0.3) is 0 Å². The number of carbonyl (C=O) groups is 2. The Bertz CT molecular complexity index is 1040. The number of hydrogen-bond donors (Lipinski definition) is 1. The standard InChI is InChI=1S/C25H32N2O4/c1-4-30-23-16(3)24-20(18-7-5-6-8-21(18)31-24)14-19(23)15(2)13-22(28)27-11-9-17(10-12-27)25(26)29/h13-14,17H,4-12H2,1-3H3,(H2,26,29)/b15-13+. The monoisotopic (exact) mass is 424 g/mol. The summed E-state index contributed by atoms with van der Waals surface area (Å²) in [6.45, 7) is 7.62. The molecule has 1 aromatic carbocycles. The van der Waals surface area contributed by atoms with Crippen LogP contribution in [-0.4, -0.2) is 36.4 Å². The van der Waals surface area contributed by atoms with E-state index in [4.69, 9.17) is 14.9 Å². The molecule has 1 fully saturated rings. The van der Waals surface area contributed by atoms with Crippen LogP contribution in [0, 0.1) is 12.8 Å². The molecule has 0 unspecified atom stereocenters. The summed E-state index contributed by atoms with van der Waals surface area (Å²) >= 11 is 0. The predicted octanol–water partition coefficient (Wildman–Crippen LogP) is 4.15. The van der Waals surface area contributed by atoms with Crippen LogP contribution in [-0.2, 0) is 22.4 Å². The van der Waals surface area contributed by atoms with Gasteiger partial charge in [-0.3, -0.25) is 9.59 Å². The first-order chi connectivity index (χ1) is 14.9. The molecular weight excluding hydrogens is 392 g/mol. The molecule has 0 atom stereocenters. The number of primary amides is 1. The first kappa shape index (κ1) is 21.5. The zero-order valence-corrected chi connectivity index (χ0v) is 18.8. The number of carbonyl (C=O) groups excluding carboxylic acids is 2. The van der Waals surface area contributed by atoms with E-state index in [0.29, 0.717) is 32.5 Å². The van der Waals surface area contributed by atoms with Crippen molar-refractivity contribution in [2.24, 2.45) is 11.7 Å². The number of allylic oxidation sites excluding steroid dienone is 1. The van der Waals surface area contributed by atoms with Gasteiger partial charge in [0.1, 0.15) is 17.1 Å². The Labute approximate surface area is 183 Å². The fourth-order valence-electron chi connectivity index (χ4n) is 4.90. The zero-order valence-electron chi connectivity index (χ0n) is 18.8. The third kappa shape index (κ3) is 4.08. The Hall–Kier alpha value is -2.76. The highest BCUT2D eigenvalue weighted by molar-refractivity contribution is 5.98. The van der Waals surface area contributed by atoms with Gasteiger partial charge in [-0.25, -0.2) is 0 Å². The average Bonchev–Trinajstić information content (AvgIpc) is 3.14. The number of aryl methyl sites for hydroxylation is 3. The van der Waals surface area contributed by atoms with Gasteiger partial charge in [-0.2, -0.15) is 0 Å². The van der Waals surface area contributed by atoms with Crippen molar-refractivity contribution >= 4 is 28.4 Å². The lowest BCUT2D eigenvalue weighted by Gasteiger charge is -2.30. The smallest absolute Gasteiger partial charge is 0.246 e. The molecular formula is C25H32N2O4. The first-order valence-electron chi connectivity index (χ1n) is 11.4. The van der Waals surface area contributed by atoms with Crippen molar-refractivity contribution in [2.75, 3.05) is 19.7 Å². The van der Waals surface area contributed by atoms with Crippen LogP contribution in [0.4, 0.5) is 0 Å². The molecule has 1 saturated heterocycles. The Morgan fingerprint density at radius 2 is 1.97 bits per heavy atom. The van der Waals surface area contributed by atoms with Crippen molar-refractivity contribution < 1.29 is 18.7 Å². The summed E-state index contributed by atoms with van der Waals surface area (Å²) in [5, 5.41) is 1.15. The highest BCUT2D eigenvalue weighted by Crippen LogP contribution is 2.41. The number of ether oxygens (including phenoxy) is 1. The third-order valence-electron chi connectivity index (χ3n) is 6.69. The molecule has 2 N–H and O–H groups in total. The Morgan fingerprint density at radius 1 is 1.26 bits per heavy atom. The molecule has 0 saturated carbocycles. The van der Waals surface area contributed by atoms with Crippen LogP contribution in [0.3, 0.4) is 0 Å². The van der Waals surface area contributed by atoms with Gasteiger partial charge in [0.05, 0.1) is 6.61 Å². The molecule has 1 aromatic heterocycles. The van der Waals surface area contributed by atoms with Crippen LogP contribution in [0.25, 0.3) is 16.5 Å². The molecule has 1 aliphatic heterocycles. The maximum atomic E-state index is 12.9. The van der Waals surface area contributed by atoms with Gasteiger partial charge >= 0.3 is 0 Å². The van der Waals surface area contributed by atoms with Crippen molar-refractivity contribution in [2.45, 2.75) is 59.3 Å². The van der Waals surface area contributed by atoms with Crippen molar-refractivity contribution in [3.05, 3.63) is 34.6 Å². The van der Waals surface area contributed by atoms with E-state index in [1.165, 1.54) is 12.0 Å². The van der Waals surface area contributed by atoms with Crippen LogP contribution < -0.4 is 10.5 Å². The van der Waals surface area contributed by atoms with Crippen molar-refractivity contribution in [1.29, 1.82) is 0 Å². The molecule has 2 amide bonds. The normalized spacial score (nSPS) is 17.6. The van der Waals surface area contributed by atoms with Gasteiger partial charge in [0.15, 0.2) is 0 Å². The van der Waals surface area contributed by atoms with E-state index in [2.05, 4.69) is 6.07 Å². The second kappa shape index (κ2) is 8.77. The molecule has 0 spiro atoms. The largest absolute Gasteiger partial charge is 0.493 e. The summed E-state index contributed by atoms with van der Waals surface area (Å²) in [6, 6.07) is 2.14.